The number of thiazole rings is 1. The van der Waals surface area contributed by atoms with Gasteiger partial charge in [-0.3, -0.25) is 4.79 Å². The molecule has 7 nitrogen and oxygen atoms in total. The van der Waals surface area contributed by atoms with Crippen LogP contribution in [0.25, 0.3) is 0 Å². The van der Waals surface area contributed by atoms with E-state index >= 15 is 0 Å². The third-order valence-electron chi connectivity index (χ3n) is 5.55. The van der Waals surface area contributed by atoms with Gasteiger partial charge in [-0.1, -0.05) is 12.1 Å². The fourth-order valence-electron chi connectivity index (χ4n) is 3.78. The number of fused-ring (bicyclic) bond motifs is 1. The number of thioether (sulfide) groups is 1. The maximum absolute atomic E-state index is 12.8. The highest BCUT2D eigenvalue weighted by molar-refractivity contribution is 7.98. The zero-order valence-electron chi connectivity index (χ0n) is 19.3. The zero-order valence-corrected chi connectivity index (χ0v) is 21.0. The molecule has 2 heterocycles. The van der Waals surface area contributed by atoms with E-state index in [0.29, 0.717) is 42.3 Å². The van der Waals surface area contributed by atoms with Crippen LogP contribution in [0.4, 0.5) is 0 Å². The van der Waals surface area contributed by atoms with Crippen molar-refractivity contribution in [3.63, 3.8) is 0 Å². The van der Waals surface area contributed by atoms with Crippen LogP contribution in [0.3, 0.4) is 0 Å². The number of carbonyl (C=O) groups is 2. The molecule has 0 bridgehead atoms. The summed E-state index contributed by atoms with van der Waals surface area (Å²) in [6, 6.07) is 11.1. The zero-order chi connectivity index (χ0) is 24.1. The van der Waals surface area contributed by atoms with Crippen molar-refractivity contribution in [2.45, 2.75) is 30.5 Å². The molecule has 0 fully saturated rings. The van der Waals surface area contributed by atoms with E-state index in [1.54, 1.807) is 42.6 Å². The van der Waals surface area contributed by atoms with Gasteiger partial charge in [0.1, 0.15) is 0 Å². The highest BCUT2D eigenvalue weighted by Gasteiger charge is 2.24. The van der Waals surface area contributed by atoms with E-state index in [4.69, 9.17) is 14.2 Å². The normalized spacial score (nSPS) is 12.7. The molecule has 34 heavy (non-hydrogen) atoms. The Hall–Kier alpha value is -3.04. The number of methoxy groups -OCH3 is 2. The molecule has 0 aliphatic carbocycles. The fourth-order valence-corrected chi connectivity index (χ4v) is 5.43. The van der Waals surface area contributed by atoms with E-state index in [1.807, 2.05) is 36.6 Å². The molecule has 1 aliphatic rings. The Morgan fingerprint density at radius 3 is 2.56 bits per heavy atom. The van der Waals surface area contributed by atoms with Crippen molar-refractivity contribution in [2.75, 3.05) is 27.4 Å². The molecule has 0 unspecified atom stereocenters. The molecule has 178 valence electrons. The third-order valence-corrected chi connectivity index (χ3v) is 7.48. The van der Waals surface area contributed by atoms with Gasteiger partial charge in [0.15, 0.2) is 18.1 Å². The fraction of sp³-hybridized carbons (Fsp3) is 0.320. The van der Waals surface area contributed by atoms with Crippen molar-refractivity contribution in [2.24, 2.45) is 0 Å². The summed E-state index contributed by atoms with van der Waals surface area (Å²) in [7, 11) is 3.19. The summed E-state index contributed by atoms with van der Waals surface area (Å²) < 4.78 is 16.2. The van der Waals surface area contributed by atoms with Crippen LogP contribution in [-0.2, 0) is 28.2 Å². The lowest BCUT2D eigenvalue weighted by molar-refractivity contribution is -0.135. The van der Waals surface area contributed by atoms with Crippen molar-refractivity contribution in [3.05, 3.63) is 69.2 Å². The lowest BCUT2D eigenvalue weighted by Gasteiger charge is -2.29. The van der Waals surface area contributed by atoms with Crippen LogP contribution >= 0.6 is 23.1 Å². The van der Waals surface area contributed by atoms with E-state index in [-0.39, 0.29) is 12.5 Å². The lowest BCUT2D eigenvalue weighted by Crippen LogP contribution is -2.38. The topological polar surface area (TPSA) is 78.0 Å². The van der Waals surface area contributed by atoms with Crippen LogP contribution in [0, 0.1) is 6.92 Å². The van der Waals surface area contributed by atoms with Gasteiger partial charge in [0.05, 0.1) is 30.5 Å². The number of hydrogen-bond donors (Lipinski definition) is 0. The summed E-state index contributed by atoms with van der Waals surface area (Å²) in [5.74, 6) is 1.24. The minimum Gasteiger partial charge on any atom is -0.493 e. The van der Waals surface area contributed by atoms with Crippen LogP contribution in [0.2, 0.25) is 0 Å². The number of aromatic nitrogens is 1. The summed E-state index contributed by atoms with van der Waals surface area (Å²) in [5, 5.41) is 3.03. The molecule has 0 N–H and O–H groups in total. The number of aryl methyl sites for hydroxylation is 1. The Morgan fingerprint density at radius 1 is 1.12 bits per heavy atom. The van der Waals surface area contributed by atoms with Gasteiger partial charge in [-0.2, -0.15) is 0 Å². The number of esters is 1. The predicted octanol–water partition coefficient (Wildman–Crippen LogP) is 4.50. The van der Waals surface area contributed by atoms with Gasteiger partial charge in [0.25, 0.3) is 5.91 Å². The van der Waals surface area contributed by atoms with Crippen molar-refractivity contribution in [1.29, 1.82) is 0 Å². The van der Waals surface area contributed by atoms with E-state index in [0.717, 1.165) is 26.7 Å². The smallest absolute Gasteiger partial charge is 0.339 e. The van der Waals surface area contributed by atoms with Crippen molar-refractivity contribution in [3.8, 4) is 11.5 Å². The molecule has 1 aromatic heterocycles. The van der Waals surface area contributed by atoms with Crippen molar-refractivity contribution >= 4 is 35.0 Å². The van der Waals surface area contributed by atoms with Crippen LogP contribution < -0.4 is 9.47 Å². The number of nitrogens with zero attached hydrogens (tertiary/aromatic N) is 2. The number of amides is 1. The lowest BCUT2D eigenvalue weighted by atomic mass is 9.99. The molecule has 0 spiro atoms. The molecule has 0 atom stereocenters. The molecule has 3 aromatic rings. The molecule has 9 heteroatoms. The highest BCUT2D eigenvalue weighted by atomic mass is 32.2. The maximum atomic E-state index is 12.8. The number of ether oxygens (including phenoxy) is 3. The molecule has 1 amide bonds. The summed E-state index contributed by atoms with van der Waals surface area (Å²) >= 11 is 3.13. The Morgan fingerprint density at radius 2 is 1.85 bits per heavy atom. The molecule has 0 saturated heterocycles. The van der Waals surface area contributed by atoms with E-state index in [2.05, 4.69) is 4.98 Å². The Bertz CT molecular complexity index is 1190. The van der Waals surface area contributed by atoms with Gasteiger partial charge in [-0.25, -0.2) is 9.78 Å². The SMILES string of the molecule is COc1cc2c(cc1OC)CN(C(=O)COC(=O)c1ccccc1SCc1csc(C)n1)CC2. The maximum Gasteiger partial charge on any atom is 0.339 e. The van der Waals surface area contributed by atoms with Crippen molar-refractivity contribution < 1.29 is 23.8 Å². The summed E-state index contributed by atoms with van der Waals surface area (Å²) in [6.45, 7) is 2.66. The Balaban J connectivity index is 1.36. The third kappa shape index (κ3) is 5.53. The second-order valence-corrected chi connectivity index (χ2v) is 9.84. The second kappa shape index (κ2) is 10.9. The minimum absolute atomic E-state index is 0.225. The predicted molar refractivity (Wildman–Crippen MR) is 132 cm³/mol. The van der Waals surface area contributed by atoms with Gasteiger partial charge >= 0.3 is 5.97 Å². The number of carbonyl (C=O) groups excluding carboxylic acids is 2. The van der Waals surface area contributed by atoms with Gasteiger partial charge in [0, 0.05) is 29.1 Å². The molecule has 4 rings (SSSR count). The Kier molecular flexibility index (Phi) is 7.74. The van der Waals surface area contributed by atoms with Gasteiger partial charge in [-0.05, 0) is 48.7 Å². The Labute approximate surface area is 207 Å². The largest absolute Gasteiger partial charge is 0.493 e. The average molecular weight is 499 g/mol. The van der Waals surface area contributed by atoms with Gasteiger partial charge in [0.2, 0.25) is 0 Å². The van der Waals surface area contributed by atoms with Gasteiger partial charge in [-0.15, -0.1) is 23.1 Å². The standard InChI is InChI=1S/C25H26N2O5S2/c1-16-26-19(14-33-16)15-34-23-7-5-4-6-20(23)25(29)32-13-24(28)27-9-8-17-10-21(30-2)22(31-3)11-18(17)12-27/h4-7,10-11,14H,8-9,12-13,15H2,1-3H3. The van der Waals surface area contributed by atoms with E-state index in [1.165, 1.54) is 11.8 Å². The van der Waals surface area contributed by atoms with Crippen LogP contribution in [-0.4, -0.2) is 49.1 Å². The second-order valence-electron chi connectivity index (χ2n) is 7.76. The molecule has 1 aliphatic heterocycles. The number of rotatable bonds is 8. The quantitative estimate of drug-likeness (QED) is 0.334. The van der Waals surface area contributed by atoms with Crippen molar-refractivity contribution in [1.82, 2.24) is 9.88 Å². The number of hydrogen-bond acceptors (Lipinski definition) is 8. The molecular weight excluding hydrogens is 472 g/mol. The van der Waals surface area contributed by atoms with Crippen LogP contribution in [0.15, 0.2) is 46.7 Å². The molecule has 2 aromatic carbocycles. The first-order chi connectivity index (χ1) is 16.5. The monoisotopic (exact) mass is 498 g/mol. The highest BCUT2D eigenvalue weighted by Crippen LogP contribution is 2.33. The summed E-state index contributed by atoms with van der Waals surface area (Å²) in [6.07, 6.45) is 0.699. The molecule has 0 saturated carbocycles. The first kappa shape index (κ1) is 24.1. The average Bonchev–Trinajstić information content (AvgIpc) is 3.29. The van der Waals surface area contributed by atoms with E-state index < -0.39 is 5.97 Å². The molecular formula is C25H26N2O5S2. The summed E-state index contributed by atoms with van der Waals surface area (Å²) in [4.78, 5) is 32.5. The molecule has 0 radical (unpaired) electrons. The number of benzene rings is 2. The van der Waals surface area contributed by atoms with Crippen LogP contribution in [0.5, 0.6) is 11.5 Å². The first-order valence-electron chi connectivity index (χ1n) is 10.8. The van der Waals surface area contributed by atoms with Crippen LogP contribution in [0.1, 0.15) is 32.2 Å². The summed E-state index contributed by atoms with van der Waals surface area (Å²) in [5.41, 5.74) is 3.56. The minimum atomic E-state index is -0.505. The van der Waals surface area contributed by atoms with E-state index in [9.17, 15) is 9.59 Å². The van der Waals surface area contributed by atoms with Gasteiger partial charge < -0.3 is 19.1 Å². The first-order valence-corrected chi connectivity index (χ1v) is 12.7.